The predicted octanol–water partition coefficient (Wildman–Crippen LogP) is 21.8. The van der Waals surface area contributed by atoms with Gasteiger partial charge >= 0.3 is 17.9 Å². The summed E-state index contributed by atoms with van der Waals surface area (Å²) < 4.78 is 16.9. The molecule has 0 saturated carbocycles. The molecule has 0 aliphatic rings. The van der Waals surface area contributed by atoms with Crippen molar-refractivity contribution in [2.45, 2.75) is 348 Å². The first-order chi connectivity index (χ1) is 36.0. The monoisotopic (exact) mass is 1020 g/mol. The van der Waals surface area contributed by atoms with Crippen LogP contribution < -0.4 is 0 Å². The molecule has 0 aromatic rings. The van der Waals surface area contributed by atoms with Crippen LogP contribution in [0.5, 0.6) is 0 Å². The van der Waals surface area contributed by atoms with Gasteiger partial charge < -0.3 is 14.2 Å². The van der Waals surface area contributed by atoms with Gasteiger partial charge in [0.15, 0.2) is 6.10 Å². The van der Waals surface area contributed by atoms with Gasteiger partial charge in [-0.2, -0.15) is 0 Å². The minimum Gasteiger partial charge on any atom is -0.462 e. The highest BCUT2D eigenvalue weighted by Crippen LogP contribution is 2.18. The van der Waals surface area contributed by atoms with E-state index in [0.29, 0.717) is 19.3 Å². The molecule has 0 aromatic heterocycles. The minimum atomic E-state index is -0.778. The minimum absolute atomic E-state index is 0.0740. The summed E-state index contributed by atoms with van der Waals surface area (Å²) >= 11 is 0. The van der Waals surface area contributed by atoms with Gasteiger partial charge in [0.2, 0.25) is 0 Å². The van der Waals surface area contributed by atoms with Crippen molar-refractivity contribution in [3.8, 4) is 0 Å². The van der Waals surface area contributed by atoms with Crippen LogP contribution in [0.15, 0.2) is 48.6 Å². The molecule has 426 valence electrons. The standard InChI is InChI=1S/C67H122O6/c1-4-7-10-13-16-19-22-25-28-31-33-35-36-39-42-45-48-51-54-57-60-66(69)72-63-64(62-71-65(68)59-56-53-50-47-44-41-38-30-27-24-21-18-15-12-9-6-3)73-67(70)61-58-55-52-49-46-43-40-37-34-32-29-26-23-20-17-14-11-8-5-2/h8,11,17,20,26,29,34,37,64H,4-7,9-10,12-16,18-19,21-25,27-28,30-33,35-36,38-63H2,1-3H3/b11-8-,20-17-,29-26-,37-34-. The molecule has 0 rings (SSSR count). The smallest absolute Gasteiger partial charge is 0.306 e. The van der Waals surface area contributed by atoms with E-state index in [0.717, 1.165) is 96.3 Å². The van der Waals surface area contributed by atoms with E-state index >= 15 is 0 Å². The van der Waals surface area contributed by atoms with Crippen LogP contribution in [-0.2, 0) is 28.6 Å². The Labute approximate surface area is 454 Å². The number of ether oxygens (including phenoxy) is 3. The average molecular weight is 1020 g/mol. The SMILES string of the molecule is CC/C=C\C/C=C\C/C=C\C/C=C\CCCCCCCCC(=O)OC(COC(=O)CCCCCCCCCCCCCCCCCC)COC(=O)CCCCCCCCCCCCCCCCCCCCCC. The second-order valence-electron chi connectivity index (χ2n) is 21.7. The van der Waals surface area contributed by atoms with Crippen molar-refractivity contribution < 1.29 is 28.6 Å². The van der Waals surface area contributed by atoms with Crippen LogP contribution in [0, 0.1) is 0 Å². The lowest BCUT2D eigenvalue weighted by atomic mass is 10.0. The van der Waals surface area contributed by atoms with Crippen molar-refractivity contribution in [3.63, 3.8) is 0 Å². The molecule has 0 saturated heterocycles. The van der Waals surface area contributed by atoms with Crippen LogP contribution in [0.4, 0.5) is 0 Å². The van der Waals surface area contributed by atoms with Crippen molar-refractivity contribution in [3.05, 3.63) is 48.6 Å². The largest absolute Gasteiger partial charge is 0.462 e. The molecule has 0 aromatic carbocycles. The number of esters is 3. The number of hydrogen-bond acceptors (Lipinski definition) is 6. The van der Waals surface area contributed by atoms with Crippen molar-refractivity contribution in [2.75, 3.05) is 13.2 Å². The lowest BCUT2D eigenvalue weighted by Gasteiger charge is -2.18. The van der Waals surface area contributed by atoms with Gasteiger partial charge in [-0.15, -0.1) is 0 Å². The fourth-order valence-corrected chi connectivity index (χ4v) is 9.56. The van der Waals surface area contributed by atoms with Crippen LogP contribution in [0.1, 0.15) is 342 Å². The summed E-state index contributed by atoms with van der Waals surface area (Å²) in [5.41, 5.74) is 0. The molecule has 0 bridgehead atoms. The summed E-state index contributed by atoms with van der Waals surface area (Å²) in [6, 6.07) is 0. The Kier molecular flexibility index (Phi) is 59.7. The maximum Gasteiger partial charge on any atom is 0.306 e. The van der Waals surface area contributed by atoms with Crippen LogP contribution >= 0.6 is 0 Å². The van der Waals surface area contributed by atoms with E-state index in [9.17, 15) is 14.4 Å². The molecule has 0 spiro atoms. The first-order valence-corrected chi connectivity index (χ1v) is 32.1. The van der Waals surface area contributed by atoms with Gasteiger partial charge in [0.25, 0.3) is 0 Å². The third-order valence-electron chi connectivity index (χ3n) is 14.3. The highest BCUT2D eigenvalue weighted by molar-refractivity contribution is 5.71. The summed E-state index contributed by atoms with van der Waals surface area (Å²) in [6.07, 6.45) is 76.8. The summed E-state index contributed by atoms with van der Waals surface area (Å²) in [5.74, 6) is -0.864. The van der Waals surface area contributed by atoms with Crippen LogP contribution in [-0.4, -0.2) is 37.2 Å². The van der Waals surface area contributed by atoms with E-state index in [1.807, 2.05) is 0 Å². The van der Waals surface area contributed by atoms with Gasteiger partial charge in [-0.1, -0.05) is 313 Å². The van der Waals surface area contributed by atoms with Crippen molar-refractivity contribution in [2.24, 2.45) is 0 Å². The van der Waals surface area contributed by atoms with Crippen molar-refractivity contribution in [1.82, 2.24) is 0 Å². The Morgan fingerprint density at radius 2 is 0.534 bits per heavy atom. The van der Waals surface area contributed by atoms with Gasteiger partial charge in [0.1, 0.15) is 13.2 Å². The molecule has 1 atom stereocenters. The van der Waals surface area contributed by atoms with Gasteiger partial charge in [0, 0.05) is 19.3 Å². The Morgan fingerprint density at radius 1 is 0.288 bits per heavy atom. The van der Waals surface area contributed by atoms with Crippen LogP contribution in [0.2, 0.25) is 0 Å². The van der Waals surface area contributed by atoms with E-state index in [1.54, 1.807) is 0 Å². The van der Waals surface area contributed by atoms with E-state index in [4.69, 9.17) is 14.2 Å². The second-order valence-corrected chi connectivity index (χ2v) is 21.7. The lowest BCUT2D eigenvalue weighted by Crippen LogP contribution is -2.30. The predicted molar refractivity (Wildman–Crippen MR) is 316 cm³/mol. The number of rotatable bonds is 59. The number of hydrogen-bond donors (Lipinski definition) is 0. The number of allylic oxidation sites excluding steroid dienone is 8. The van der Waals surface area contributed by atoms with E-state index in [-0.39, 0.29) is 31.1 Å². The maximum absolute atomic E-state index is 12.9. The molecule has 0 heterocycles. The maximum atomic E-state index is 12.9. The van der Waals surface area contributed by atoms with Gasteiger partial charge in [-0.3, -0.25) is 14.4 Å². The normalized spacial score (nSPS) is 12.3. The molecule has 0 fully saturated rings. The Balaban J connectivity index is 4.34. The molecule has 0 N–H and O–H groups in total. The Bertz CT molecular complexity index is 1270. The number of carbonyl (C=O) groups is 3. The first-order valence-electron chi connectivity index (χ1n) is 32.1. The van der Waals surface area contributed by atoms with E-state index in [2.05, 4.69) is 69.4 Å². The highest BCUT2D eigenvalue weighted by Gasteiger charge is 2.19. The fraction of sp³-hybridized carbons (Fsp3) is 0.836. The van der Waals surface area contributed by atoms with Gasteiger partial charge in [0.05, 0.1) is 0 Å². The van der Waals surface area contributed by atoms with Crippen molar-refractivity contribution in [1.29, 1.82) is 0 Å². The summed E-state index contributed by atoms with van der Waals surface area (Å²) in [7, 11) is 0. The zero-order valence-electron chi connectivity index (χ0n) is 48.9. The molecule has 6 nitrogen and oxygen atoms in total. The molecular formula is C67H122O6. The molecule has 0 amide bonds. The Morgan fingerprint density at radius 3 is 0.836 bits per heavy atom. The fourth-order valence-electron chi connectivity index (χ4n) is 9.56. The lowest BCUT2D eigenvalue weighted by molar-refractivity contribution is -0.167. The highest BCUT2D eigenvalue weighted by atomic mass is 16.6. The molecule has 0 aliphatic heterocycles. The molecule has 0 radical (unpaired) electrons. The van der Waals surface area contributed by atoms with E-state index in [1.165, 1.54) is 205 Å². The van der Waals surface area contributed by atoms with Crippen molar-refractivity contribution >= 4 is 17.9 Å². The van der Waals surface area contributed by atoms with Gasteiger partial charge in [-0.25, -0.2) is 0 Å². The molecule has 6 heteroatoms. The molecule has 1 unspecified atom stereocenters. The first kappa shape index (κ1) is 70.4. The summed E-state index contributed by atoms with van der Waals surface area (Å²) in [5, 5.41) is 0. The zero-order valence-corrected chi connectivity index (χ0v) is 48.9. The van der Waals surface area contributed by atoms with Crippen LogP contribution in [0.3, 0.4) is 0 Å². The second kappa shape index (κ2) is 61.9. The molecular weight excluding hydrogens is 901 g/mol. The number of carbonyl (C=O) groups excluding carboxylic acids is 3. The van der Waals surface area contributed by atoms with Gasteiger partial charge in [-0.05, 0) is 57.8 Å². The third-order valence-corrected chi connectivity index (χ3v) is 14.3. The third kappa shape index (κ3) is 60.1. The summed E-state index contributed by atoms with van der Waals surface area (Å²) in [4.78, 5) is 38.3. The average Bonchev–Trinajstić information content (AvgIpc) is 3.39. The molecule has 73 heavy (non-hydrogen) atoms. The quantitative estimate of drug-likeness (QED) is 0.0261. The van der Waals surface area contributed by atoms with E-state index < -0.39 is 6.10 Å². The number of unbranched alkanes of at least 4 members (excludes halogenated alkanes) is 40. The van der Waals surface area contributed by atoms with Crippen LogP contribution in [0.25, 0.3) is 0 Å². The molecule has 0 aliphatic carbocycles. The Hall–Kier alpha value is -2.63. The zero-order chi connectivity index (χ0) is 52.9. The summed E-state index contributed by atoms with van der Waals surface area (Å²) in [6.45, 7) is 6.58. The topological polar surface area (TPSA) is 78.9 Å².